The maximum Gasteiger partial charge on any atom is 0.328 e. The van der Waals surface area contributed by atoms with Crippen molar-refractivity contribution in [1.82, 2.24) is 10.2 Å². The third-order valence-corrected chi connectivity index (χ3v) is 6.60. The molecule has 3 N–H and O–H groups in total. The number of hydrogen-bond donors (Lipinski definition) is 3. The van der Waals surface area contributed by atoms with Crippen molar-refractivity contribution >= 4 is 23.5 Å². The molecule has 0 bridgehead atoms. The fraction of sp³-hybridized carbons (Fsp3) is 0.385. The molecule has 1 fully saturated rings. The Kier molecular flexibility index (Phi) is 8.83. The van der Waals surface area contributed by atoms with Crippen molar-refractivity contribution < 1.29 is 24.2 Å². The number of halogens is 2. The number of benzene rings is 2. The van der Waals surface area contributed by atoms with Crippen LogP contribution in [-0.4, -0.2) is 52.7 Å². The molecule has 2 aromatic carbocycles. The van der Waals surface area contributed by atoms with Crippen LogP contribution in [0.3, 0.4) is 0 Å². The number of nitrogens with one attached hydrogen (secondary N) is 1. The predicted octanol–water partition coefficient (Wildman–Crippen LogP) is 4.70. The van der Waals surface area contributed by atoms with E-state index in [4.69, 9.17) is 21.8 Å². The quantitative estimate of drug-likeness (QED) is 0.529. The summed E-state index contributed by atoms with van der Waals surface area (Å²) >= 11 is 6.34. The second-order valence-corrected chi connectivity index (χ2v) is 9.37. The lowest BCUT2D eigenvalue weighted by atomic mass is 9.93. The largest absolute Gasteiger partial charge is 0.478 e. The smallest absolute Gasteiger partial charge is 0.328 e. The Bertz CT molecular complexity index is 1030. The van der Waals surface area contributed by atoms with Gasteiger partial charge in [0, 0.05) is 54.8 Å². The lowest BCUT2D eigenvalue weighted by Crippen LogP contribution is -2.53. The summed E-state index contributed by atoms with van der Waals surface area (Å²) < 4.78 is 13.4. The van der Waals surface area contributed by atoms with E-state index in [0.29, 0.717) is 36.1 Å². The highest BCUT2D eigenvalue weighted by atomic mass is 35.5. The topological polar surface area (TPSA) is 89.9 Å². The van der Waals surface area contributed by atoms with Crippen LogP contribution in [0.2, 0.25) is 5.02 Å². The van der Waals surface area contributed by atoms with Gasteiger partial charge in [-0.3, -0.25) is 4.90 Å². The normalized spacial score (nSPS) is 22.3. The Labute approximate surface area is 204 Å². The molecule has 1 heterocycles. The van der Waals surface area contributed by atoms with Gasteiger partial charge in [0.05, 0.1) is 0 Å². The number of carboxylic acids is 2. The average molecular weight is 489 g/mol. The zero-order valence-corrected chi connectivity index (χ0v) is 20.0. The van der Waals surface area contributed by atoms with Crippen LogP contribution in [0.4, 0.5) is 4.39 Å². The minimum Gasteiger partial charge on any atom is -0.478 e. The summed E-state index contributed by atoms with van der Waals surface area (Å²) in [5.41, 5.74) is 3.87. The predicted molar refractivity (Wildman–Crippen MR) is 130 cm³/mol. The fourth-order valence-corrected chi connectivity index (χ4v) is 4.84. The Morgan fingerprint density at radius 3 is 2.32 bits per heavy atom. The molecule has 0 amide bonds. The van der Waals surface area contributed by atoms with E-state index in [-0.39, 0.29) is 5.82 Å². The van der Waals surface area contributed by atoms with Crippen molar-refractivity contribution in [3.8, 4) is 0 Å². The summed E-state index contributed by atoms with van der Waals surface area (Å²) in [5, 5.41) is 20.1. The third kappa shape index (κ3) is 6.65. The second kappa shape index (κ2) is 11.6. The van der Waals surface area contributed by atoms with E-state index in [9.17, 15) is 14.0 Å². The third-order valence-electron chi connectivity index (χ3n) is 6.37. The Morgan fingerprint density at radius 1 is 1.09 bits per heavy atom. The molecule has 0 aromatic heterocycles. The van der Waals surface area contributed by atoms with Crippen LogP contribution in [0.15, 0.2) is 54.6 Å². The molecule has 182 valence electrons. The minimum absolute atomic E-state index is 0.179. The molecule has 3 atom stereocenters. The van der Waals surface area contributed by atoms with Crippen molar-refractivity contribution in [2.45, 2.75) is 38.3 Å². The van der Waals surface area contributed by atoms with Crippen molar-refractivity contribution in [1.29, 1.82) is 0 Å². The summed E-state index contributed by atoms with van der Waals surface area (Å²) in [7, 11) is 0. The number of hydrogen-bond acceptors (Lipinski definition) is 4. The van der Waals surface area contributed by atoms with Gasteiger partial charge in [0.15, 0.2) is 0 Å². The molecule has 0 saturated carbocycles. The van der Waals surface area contributed by atoms with E-state index in [1.807, 2.05) is 18.2 Å². The maximum atomic E-state index is 13.4. The first-order valence-electron chi connectivity index (χ1n) is 11.3. The van der Waals surface area contributed by atoms with Gasteiger partial charge in [0.1, 0.15) is 5.82 Å². The van der Waals surface area contributed by atoms with E-state index < -0.39 is 11.9 Å². The zero-order chi connectivity index (χ0) is 24.8. The first-order valence-corrected chi connectivity index (χ1v) is 11.7. The van der Waals surface area contributed by atoms with E-state index in [2.05, 4.69) is 36.2 Å². The average Bonchev–Trinajstić information content (AvgIpc) is 3.17. The molecular formula is C26H30ClFN2O4. The molecule has 4 rings (SSSR count). The Hall–Kier alpha value is -2.74. The van der Waals surface area contributed by atoms with Gasteiger partial charge in [-0.2, -0.15) is 0 Å². The van der Waals surface area contributed by atoms with Crippen LogP contribution in [0.5, 0.6) is 0 Å². The van der Waals surface area contributed by atoms with Crippen LogP contribution in [-0.2, 0) is 9.59 Å². The van der Waals surface area contributed by atoms with E-state index >= 15 is 0 Å². The van der Waals surface area contributed by atoms with Crippen molar-refractivity contribution in [3.05, 3.63) is 82.1 Å². The molecule has 2 aromatic rings. The number of nitrogens with zero attached hydrogens (tertiary/aromatic N) is 1. The van der Waals surface area contributed by atoms with Gasteiger partial charge in [-0.1, -0.05) is 43.6 Å². The van der Waals surface area contributed by atoms with Crippen LogP contribution < -0.4 is 5.32 Å². The summed E-state index contributed by atoms with van der Waals surface area (Å²) in [6.45, 7) is 7.70. The van der Waals surface area contributed by atoms with Gasteiger partial charge in [-0.25, -0.2) is 14.0 Å². The number of fused-ring (bicyclic) bond motifs is 1. The molecule has 0 radical (unpaired) electrons. The molecule has 1 aliphatic carbocycles. The van der Waals surface area contributed by atoms with Crippen molar-refractivity contribution in [2.24, 2.45) is 5.92 Å². The van der Waals surface area contributed by atoms with Gasteiger partial charge in [-0.15, -0.1) is 0 Å². The monoisotopic (exact) mass is 488 g/mol. The zero-order valence-electron chi connectivity index (χ0n) is 19.2. The van der Waals surface area contributed by atoms with Crippen LogP contribution in [0.1, 0.15) is 48.9 Å². The molecule has 2 aliphatic rings. The minimum atomic E-state index is -1.26. The summed E-state index contributed by atoms with van der Waals surface area (Å²) in [5.74, 6) is -1.77. The molecule has 8 heteroatoms. The van der Waals surface area contributed by atoms with E-state index in [1.54, 1.807) is 12.1 Å². The SMILES string of the molecule is CC(C)C1CN([C@@H]2C[C@@H](c3ccc(F)cc3)c3ccc(Cl)cc32)CCN1.O=C(O)/C=C\C(=O)O. The lowest BCUT2D eigenvalue weighted by Gasteiger charge is -2.39. The van der Waals surface area contributed by atoms with Gasteiger partial charge in [0.2, 0.25) is 0 Å². The van der Waals surface area contributed by atoms with Crippen molar-refractivity contribution in [3.63, 3.8) is 0 Å². The highest BCUT2D eigenvalue weighted by Gasteiger charge is 2.37. The van der Waals surface area contributed by atoms with Gasteiger partial charge in [-0.05, 0) is 53.3 Å². The van der Waals surface area contributed by atoms with E-state index in [0.717, 1.165) is 31.1 Å². The Morgan fingerprint density at radius 2 is 1.74 bits per heavy atom. The molecule has 1 unspecified atom stereocenters. The first-order chi connectivity index (χ1) is 16.2. The first kappa shape index (κ1) is 25.9. The molecule has 34 heavy (non-hydrogen) atoms. The standard InChI is InChI=1S/C22H26ClFN2.C4H4O4/c1-14(2)21-13-26(10-9-25-21)22-12-19(15-3-6-17(24)7-4-15)18-8-5-16(23)11-20(18)22;5-3(6)1-2-4(7)8/h3-8,11,14,19,21-22,25H,9-10,12-13H2,1-2H3;1-2H,(H,5,6)(H,7,8)/b;2-1-/t19-,21?,22+;/m0./s1. The van der Waals surface area contributed by atoms with Gasteiger partial charge >= 0.3 is 11.9 Å². The van der Waals surface area contributed by atoms with Crippen LogP contribution in [0.25, 0.3) is 0 Å². The molecular weight excluding hydrogens is 459 g/mol. The van der Waals surface area contributed by atoms with Crippen LogP contribution in [0, 0.1) is 11.7 Å². The number of piperazine rings is 1. The summed E-state index contributed by atoms with van der Waals surface area (Å²) in [4.78, 5) is 21.7. The summed E-state index contributed by atoms with van der Waals surface area (Å²) in [6, 6.07) is 14.2. The molecule has 1 aliphatic heterocycles. The highest BCUT2D eigenvalue weighted by Crippen LogP contribution is 2.47. The molecule has 6 nitrogen and oxygen atoms in total. The second-order valence-electron chi connectivity index (χ2n) is 8.94. The molecule has 0 spiro atoms. The van der Waals surface area contributed by atoms with E-state index in [1.165, 1.54) is 16.7 Å². The lowest BCUT2D eigenvalue weighted by molar-refractivity contribution is -0.134. The number of carboxylic acid groups (broad SMARTS) is 2. The number of rotatable bonds is 5. The van der Waals surface area contributed by atoms with Gasteiger partial charge < -0.3 is 15.5 Å². The summed E-state index contributed by atoms with van der Waals surface area (Å²) in [6.07, 6.45) is 2.15. The van der Waals surface area contributed by atoms with Crippen molar-refractivity contribution in [2.75, 3.05) is 19.6 Å². The fourth-order valence-electron chi connectivity index (χ4n) is 4.66. The highest BCUT2D eigenvalue weighted by molar-refractivity contribution is 6.30. The maximum absolute atomic E-state index is 13.4. The number of carbonyl (C=O) groups is 2. The van der Waals surface area contributed by atoms with Gasteiger partial charge in [0.25, 0.3) is 0 Å². The van der Waals surface area contributed by atoms with Crippen LogP contribution >= 0.6 is 11.6 Å². The number of aliphatic carboxylic acids is 2. The molecule has 1 saturated heterocycles. The Balaban J connectivity index is 0.000000350.